The Morgan fingerprint density at radius 1 is 1.20 bits per heavy atom. The van der Waals surface area contributed by atoms with E-state index in [0.717, 1.165) is 16.8 Å². The number of carbonyl (C=O) groups is 1. The summed E-state index contributed by atoms with van der Waals surface area (Å²) in [5, 5.41) is 18.3. The number of aryl methyl sites for hydroxylation is 2. The zero-order valence-corrected chi connectivity index (χ0v) is 11.6. The van der Waals surface area contributed by atoms with E-state index in [-0.39, 0.29) is 12.6 Å². The Bertz CT molecular complexity index is 587. The van der Waals surface area contributed by atoms with Crippen molar-refractivity contribution in [1.82, 2.24) is 9.78 Å². The van der Waals surface area contributed by atoms with Crippen LogP contribution in [0, 0.1) is 13.8 Å². The molecule has 1 aromatic carbocycles. The van der Waals surface area contributed by atoms with Crippen molar-refractivity contribution in [2.45, 2.75) is 20.4 Å². The van der Waals surface area contributed by atoms with Gasteiger partial charge in [0.15, 0.2) is 0 Å². The third-order valence-electron chi connectivity index (χ3n) is 2.70. The second kappa shape index (κ2) is 6.21. The van der Waals surface area contributed by atoms with E-state index >= 15 is 0 Å². The molecule has 0 saturated heterocycles. The molecule has 0 bridgehead atoms. The van der Waals surface area contributed by atoms with Crippen LogP contribution in [-0.4, -0.2) is 27.5 Å². The summed E-state index contributed by atoms with van der Waals surface area (Å²) < 4.78 is 1.56. The summed E-state index contributed by atoms with van der Waals surface area (Å²) in [4.78, 5) is 11.9. The maximum absolute atomic E-state index is 11.9. The lowest BCUT2D eigenvalue weighted by atomic mass is 10.1. The van der Waals surface area contributed by atoms with Gasteiger partial charge in [0.05, 0.1) is 25.0 Å². The molecule has 0 saturated carbocycles. The first-order valence-electron chi connectivity index (χ1n) is 6.36. The predicted molar refractivity (Wildman–Crippen MR) is 77.9 cm³/mol. The average molecular weight is 274 g/mol. The van der Waals surface area contributed by atoms with E-state index in [0.29, 0.717) is 12.2 Å². The van der Waals surface area contributed by atoms with Crippen LogP contribution < -0.4 is 10.6 Å². The summed E-state index contributed by atoms with van der Waals surface area (Å²) in [7, 11) is 0. The molecule has 20 heavy (non-hydrogen) atoms. The molecule has 3 N–H and O–H groups in total. The fourth-order valence-electron chi connectivity index (χ4n) is 1.99. The molecule has 0 aliphatic rings. The van der Waals surface area contributed by atoms with Gasteiger partial charge in [-0.3, -0.25) is 4.68 Å². The van der Waals surface area contributed by atoms with Gasteiger partial charge in [0.2, 0.25) is 0 Å². The van der Waals surface area contributed by atoms with E-state index in [1.54, 1.807) is 10.9 Å². The van der Waals surface area contributed by atoms with Gasteiger partial charge in [-0.2, -0.15) is 5.10 Å². The molecule has 0 radical (unpaired) electrons. The van der Waals surface area contributed by atoms with E-state index < -0.39 is 0 Å². The molecule has 0 aliphatic heterocycles. The molecule has 0 atom stereocenters. The van der Waals surface area contributed by atoms with Crippen LogP contribution in [0.5, 0.6) is 0 Å². The fourth-order valence-corrected chi connectivity index (χ4v) is 1.99. The van der Waals surface area contributed by atoms with Crippen molar-refractivity contribution in [2.75, 3.05) is 17.2 Å². The highest BCUT2D eigenvalue weighted by molar-refractivity contribution is 5.99. The van der Waals surface area contributed by atoms with Gasteiger partial charge in [0, 0.05) is 11.9 Å². The SMILES string of the molecule is Cc1cc(C)cc(NC(=O)Nc2cnn(CCO)c2)c1. The monoisotopic (exact) mass is 274 g/mol. The van der Waals surface area contributed by atoms with Gasteiger partial charge in [0.1, 0.15) is 0 Å². The van der Waals surface area contributed by atoms with Crippen LogP contribution >= 0.6 is 0 Å². The highest BCUT2D eigenvalue weighted by Crippen LogP contribution is 2.14. The van der Waals surface area contributed by atoms with Crippen molar-refractivity contribution < 1.29 is 9.90 Å². The number of urea groups is 1. The fraction of sp³-hybridized carbons (Fsp3) is 0.286. The van der Waals surface area contributed by atoms with Crippen molar-refractivity contribution in [3.05, 3.63) is 41.7 Å². The van der Waals surface area contributed by atoms with Crippen molar-refractivity contribution in [3.8, 4) is 0 Å². The number of rotatable bonds is 4. The minimum absolute atomic E-state index is 0.00981. The number of hydrogen-bond donors (Lipinski definition) is 3. The van der Waals surface area contributed by atoms with Gasteiger partial charge in [-0.05, 0) is 37.1 Å². The summed E-state index contributed by atoms with van der Waals surface area (Å²) in [6.45, 7) is 4.38. The first kappa shape index (κ1) is 14.1. The van der Waals surface area contributed by atoms with E-state index in [2.05, 4.69) is 15.7 Å². The number of aromatic nitrogens is 2. The van der Waals surface area contributed by atoms with Crippen LogP contribution in [0.3, 0.4) is 0 Å². The van der Waals surface area contributed by atoms with E-state index in [4.69, 9.17) is 5.11 Å². The van der Waals surface area contributed by atoms with Crippen LogP contribution in [0.1, 0.15) is 11.1 Å². The summed E-state index contributed by atoms with van der Waals surface area (Å²) in [5.41, 5.74) is 3.52. The van der Waals surface area contributed by atoms with Crippen LogP contribution in [0.4, 0.5) is 16.2 Å². The normalized spacial score (nSPS) is 10.3. The Balaban J connectivity index is 1.97. The van der Waals surface area contributed by atoms with Gasteiger partial charge >= 0.3 is 6.03 Å². The van der Waals surface area contributed by atoms with Crippen LogP contribution in [0.2, 0.25) is 0 Å². The van der Waals surface area contributed by atoms with Crippen LogP contribution in [-0.2, 0) is 6.54 Å². The Hall–Kier alpha value is -2.34. The third kappa shape index (κ3) is 3.83. The molecule has 6 heteroatoms. The molecule has 0 unspecified atom stereocenters. The van der Waals surface area contributed by atoms with Crippen molar-refractivity contribution in [3.63, 3.8) is 0 Å². The lowest BCUT2D eigenvalue weighted by Crippen LogP contribution is -2.19. The minimum atomic E-state index is -0.321. The van der Waals surface area contributed by atoms with Crippen molar-refractivity contribution in [2.24, 2.45) is 0 Å². The zero-order valence-electron chi connectivity index (χ0n) is 11.6. The number of aliphatic hydroxyl groups is 1. The number of anilines is 2. The smallest absolute Gasteiger partial charge is 0.323 e. The van der Waals surface area contributed by atoms with E-state index in [1.165, 1.54) is 6.20 Å². The van der Waals surface area contributed by atoms with E-state index in [9.17, 15) is 4.79 Å². The number of nitrogens with zero attached hydrogens (tertiary/aromatic N) is 2. The molecule has 2 rings (SSSR count). The molecule has 106 valence electrons. The van der Waals surface area contributed by atoms with Gasteiger partial charge in [-0.25, -0.2) is 4.79 Å². The first-order chi connectivity index (χ1) is 9.56. The maximum Gasteiger partial charge on any atom is 0.323 e. The van der Waals surface area contributed by atoms with Gasteiger partial charge in [-0.15, -0.1) is 0 Å². The molecule has 0 fully saturated rings. The Morgan fingerprint density at radius 2 is 1.85 bits per heavy atom. The van der Waals surface area contributed by atoms with Crippen LogP contribution in [0.25, 0.3) is 0 Å². The largest absolute Gasteiger partial charge is 0.394 e. The maximum atomic E-state index is 11.9. The lowest BCUT2D eigenvalue weighted by Gasteiger charge is -2.08. The topological polar surface area (TPSA) is 79.2 Å². The van der Waals surface area contributed by atoms with Crippen molar-refractivity contribution in [1.29, 1.82) is 0 Å². The molecule has 1 heterocycles. The summed E-state index contributed by atoms with van der Waals surface area (Å²) in [5.74, 6) is 0. The zero-order chi connectivity index (χ0) is 14.5. The molecule has 0 aliphatic carbocycles. The third-order valence-corrected chi connectivity index (χ3v) is 2.70. The van der Waals surface area contributed by atoms with Crippen LogP contribution in [0.15, 0.2) is 30.6 Å². The number of aliphatic hydroxyl groups excluding tert-OH is 1. The highest BCUT2D eigenvalue weighted by atomic mass is 16.3. The standard InChI is InChI=1S/C14H18N4O2/c1-10-5-11(2)7-12(6-10)16-14(20)17-13-8-15-18(9-13)3-4-19/h5-9,19H,3-4H2,1-2H3,(H2,16,17,20). The summed E-state index contributed by atoms with van der Waals surface area (Å²) in [6, 6.07) is 5.53. The molecule has 6 nitrogen and oxygen atoms in total. The minimum Gasteiger partial charge on any atom is -0.394 e. The summed E-state index contributed by atoms with van der Waals surface area (Å²) >= 11 is 0. The van der Waals surface area contributed by atoms with Gasteiger partial charge in [-0.1, -0.05) is 6.07 Å². The quantitative estimate of drug-likeness (QED) is 0.799. The number of carbonyl (C=O) groups excluding carboxylic acids is 1. The Morgan fingerprint density at radius 3 is 2.50 bits per heavy atom. The van der Waals surface area contributed by atoms with Gasteiger partial charge < -0.3 is 15.7 Å². The van der Waals surface area contributed by atoms with Crippen molar-refractivity contribution >= 4 is 17.4 Å². The number of amides is 2. The molecule has 1 aromatic heterocycles. The van der Waals surface area contributed by atoms with Gasteiger partial charge in [0.25, 0.3) is 0 Å². The number of benzene rings is 1. The van der Waals surface area contributed by atoms with E-state index in [1.807, 2.05) is 32.0 Å². The number of hydrogen-bond acceptors (Lipinski definition) is 3. The molecular formula is C14H18N4O2. The number of nitrogens with one attached hydrogen (secondary N) is 2. The first-order valence-corrected chi connectivity index (χ1v) is 6.36. The highest BCUT2D eigenvalue weighted by Gasteiger charge is 2.05. The average Bonchev–Trinajstić information content (AvgIpc) is 2.75. The second-order valence-corrected chi connectivity index (χ2v) is 4.67. The second-order valence-electron chi connectivity index (χ2n) is 4.67. The molecule has 2 aromatic rings. The Labute approximate surface area is 117 Å². The summed E-state index contributed by atoms with van der Waals surface area (Å²) in [6.07, 6.45) is 3.20. The molecule has 2 amide bonds. The molecular weight excluding hydrogens is 256 g/mol. The predicted octanol–water partition coefficient (Wildman–Crippen LogP) is 2.14. The lowest BCUT2D eigenvalue weighted by molar-refractivity contribution is 0.262. The molecule has 0 spiro atoms. The Kier molecular flexibility index (Phi) is 4.37.